The van der Waals surface area contributed by atoms with Gasteiger partial charge in [-0.2, -0.15) is 0 Å². The van der Waals surface area contributed by atoms with Crippen molar-refractivity contribution in [1.82, 2.24) is 0 Å². The number of non-ortho nitro benzene ring substituents is 1. The van der Waals surface area contributed by atoms with Crippen molar-refractivity contribution >= 4 is 38.7 Å². The minimum absolute atomic E-state index is 0.0586. The summed E-state index contributed by atoms with van der Waals surface area (Å²) >= 11 is 0.882. The van der Waals surface area contributed by atoms with E-state index in [1.165, 1.54) is 36.4 Å². The Morgan fingerprint density at radius 2 is 1.76 bits per heavy atom. The van der Waals surface area contributed by atoms with Crippen molar-refractivity contribution in [1.29, 1.82) is 0 Å². The summed E-state index contributed by atoms with van der Waals surface area (Å²) in [5.74, 6) is -1.28. The average Bonchev–Trinajstić information content (AvgIpc) is 3.07. The number of rotatable bonds is 6. The molecule has 1 heterocycles. The van der Waals surface area contributed by atoms with Crippen molar-refractivity contribution in [3.8, 4) is 10.4 Å². The number of aromatic carboxylic acids is 1. The summed E-state index contributed by atoms with van der Waals surface area (Å²) in [6.07, 6.45) is 0. The van der Waals surface area contributed by atoms with Crippen molar-refractivity contribution in [2.24, 2.45) is 0 Å². The minimum Gasteiger partial charge on any atom is -0.477 e. The maximum atomic E-state index is 12.8. The lowest BCUT2D eigenvalue weighted by atomic mass is 10.1. The normalized spacial score (nSPS) is 11.2. The molecule has 0 aliphatic heterocycles. The molecule has 0 radical (unpaired) electrons. The first-order valence-corrected chi connectivity index (χ1v) is 10.6. The van der Waals surface area contributed by atoms with Crippen LogP contribution in [-0.2, 0) is 10.0 Å². The van der Waals surface area contributed by atoms with E-state index >= 15 is 0 Å². The highest BCUT2D eigenvalue weighted by Gasteiger charge is 2.23. The molecule has 10 heteroatoms. The van der Waals surface area contributed by atoms with E-state index in [0.29, 0.717) is 16.0 Å². The number of anilines is 1. The molecule has 150 valence electrons. The van der Waals surface area contributed by atoms with Gasteiger partial charge in [0.25, 0.3) is 15.7 Å². The molecule has 0 aliphatic carbocycles. The van der Waals surface area contributed by atoms with Gasteiger partial charge < -0.3 is 5.11 Å². The fraction of sp³-hybridized carbons (Fsp3) is 0.105. The van der Waals surface area contributed by atoms with E-state index in [-0.39, 0.29) is 21.1 Å². The van der Waals surface area contributed by atoms with E-state index in [0.717, 1.165) is 16.9 Å². The van der Waals surface area contributed by atoms with E-state index < -0.39 is 20.9 Å². The van der Waals surface area contributed by atoms with Gasteiger partial charge in [-0.3, -0.25) is 14.8 Å². The van der Waals surface area contributed by atoms with E-state index in [9.17, 15) is 28.4 Å². The fourth-order valence-corrected chi connectivity index (χ4v) is 5.13. The van der Waals surface area contributed by atoms with Crippen LogP contribution in [0.15, 0.2) is 53.4 Å². The molecule has 0 fully saturated rings. The molecule has 0 saturated heterocycles. The molecule has 0 bridgehead atoms. The number of thiophene rings is 1. The summed E-state index contributed by atoms with van der Waals surface area (Å²) in [4.78, 5) is 22.3. The SMILES string of the molecule is Cc1ccc(C)c(S(=O)(=O)Nc2cc(-c3ccc([N+](=O)[O-])cc3)sc2C(=O)O)c1. The molecule has 2 aromatic carbocycles. The van der Waals surface area contributed by atoms with Crippen LogP contribution in [0.5, 0.6) is 0 Å². The highest BCUT2D eigenvalue weighted by Crippen LogP contribution is 2.36. The van der Waals surface area contributed by atoms with Gasteiger partial charge in [0, 0.05) is 17.0 Å². The third-order valence-electron chi connectivity index (χ3n) is 4.17. The van der Waals surface area contributed by atoms with Crippen LogP contribution in [0.2, 0.25) is 0 Å². The predicted octanol–water partition coefficient (Wildman–Crippen LogP) is 4.44. The summed E-state index contributed by atoms with van der Waals surface area (Å²) in [5, 5.41) is 20.3. The topological polar surface area (TPSA) is 127 Å². The first-order chi connectivity index (χ1) is 13.6. The molecule has 0 saturated carbocycles. The Hall–Kier alpha value is -3.24. The smallest absolute Gasteiger partial charge is 0.348 e. The number of carboxylic acids is 1. The number of carbonyl (C=O) groups is 1. The first-order valence-electron chi connectivity index (χ1n) is 8.30. The number of nitro benzene ring substituents is 1. The largest absolute Gasteiger partial charge is 0.477 e. The molecule has 1 aromatic heterocycles. The van der Waals surface area contributed by atoms with E-state index in [1.54, 1.807) is 26.0 Å². The van der Waals surface area contributed by atoms with Crippen LogP contribution in [0.4, 0.5) is 11.4 Å². The van der Waals surface area contributed by atoms with Gasteiger partial charge in [0.2, 0.25) is 0 Å². The summed E-state index contributed by atoms with van der Waals surface area (Å²) in [6.45, 7) is 3.42. The highest BCUT2D eigenvalue weighted by molar-refractivity contribution is 7.92. The lowest BCUT2D eigenvalue weighted by Crippen LogP contribution is -2.15. The molecule has 3 aromatic rings. The van der Waals surface area contributed by atoms with Crippen LogP contribution >= 0.6 is 11.3 Å². The third kappa shape index (κ3) is 4.28. The van der Waals surface area contributed by atoms with Crippen molar-refractivity contribution < 1.29 is 23.2 Å². The van der Waals surface area contributed by atoms with Crippen LogP contribution in [0, 0.1) is 24.0 Å². The van der Waals surface area contributed by atoms with Gasteiger partial charge in [-0.15, -0.1) is 11.3 Å². The van der Waals surface area contributed by atoms with Gasteiger partial charge in [-0.05, 0) is 54.8 Å². The van der Waals surface area contributed by atoms with Gasteiger partial charge in [0.1, 0.15) is 4.88 Å². The van der Waals surface area contributed by atoms with E-state index in [4.69, 9.17) is 0 Å². The first kappa shape index (κ1) is 20.5. The number of nitro groups is 1. The molecule has 0 aliphatic rings. The number of hydrogen-bond donors (Lipinski definition) is 2. The van der Waals surface area contributed by atoms with E-state index in [2.05, 4.69) is 4.72 Å². The standard InChI is InChI=1S/C19H16N2O6S2/c1-11-3-4-12(2)17(9-11)29(26,27)20-15-10-16(28-18(15)19(22)23)13-5-7-14(8-6-13)21(24)25/h3-10,20H,1-2H3,(H,22,23). The average molecular weight is 432 g/mol. The van der Waals surface area contributed by atoms with Crippen LogP contribution in [0.1, 0.15) is 20.8 Å². The number of hydrogen-bond acceptors (Lipinski definition) is 6. The Kier molecular flexibility index (Phi) is 5.40. The molecule has 8 nitrogen and oxygen atoms in total. The Balaban J connectivity index is 2.02. The summed E-state index contributed by atoms with van der Waals surface area (Å²) in [7, 11) is -4.01. The number of sulfonamides is 1. The zero-order valence-corrected chi connectivity index (χ0v) is 17.0. The summed E-state index contributed by atoms with van der Waals surface area (Å²) in [6, 6.07) is 12.0. The van der Waals surface area contributed by atoms with Gasteiger partial charge in [0.05, 0.1) is 15.5 Å². The van der Waals surface area contributed by atoms with Gasteiger partial charge in [0.15, 0.2) is 0 Å². The maximum Gasteiger partial charge on any atom is 0.348 e. The quantitative estimate of drug-likeness (QED) is 0.438. The monoisotopic (exact) mass is 432 g/mol. The molecule has 0 amide bonds. The zero-order chi connectivity index (χ0) is 21.3. The Morgan fingerprint density at radius 3 is 2.34 bits per heavy atom. The van der Waals surface area contributed by atoms with Crippen molar-refractivity contribution in [2.45, 2.75) is 18.7 Å². The Bertz CT molecular complexity index is 1210. The van der Waals surface area contributed by atoms with Crippen LogP contribution in [0.25, 0.3) is 10.4 Å². The molecule has 2 N–H and O–H groups in total. The number of aryl methyl sites for hydroxylation is 2. The molecule has 3 rings (SSSR count). The number of benzene rings is 2. The maximum absolute atomic E-state index is 12.8. The second-order valence-electron chi connectivity index (χ2n) is 6.34. The molecule has 0 spiro atoms. The second kappa shape index (κ2) is 7.64. The Labute approximate surface area is 170 Å². The summed E-state index contributed by atoms with van der Waals surface area (Å²) < 4.78 is 28.0. The molecule has 0 atom stereocenters. The number of nitrogens with one attached hydrogen (secondary N) is 1. The van der Waals surface area contributed by atoms with Gasteiger partial charge in [-0.1, -0.05) is 12.1 Å². The molecule has 29 heavy (non-hydrogen) atoms. The Morgan fingerprint density at radius 1 is 1.10 bits per heavy atom. The second-order valence-corrected chi connectivity index (χ2v) is 9.04. The highest BCUT2D eigenvalue weighted by atomic mass is 32.2. The van der Waals surface area contributed by atoms with Crippen LogP contribution in [0.3, 0.4) is 0 Å². The lowest BCUT2D eigenvalue weighted by molar-refractivity contribution is -0.384. The molecular formula is C19H16N2O6S2. The van der Waals surface area contributed by atoms with Crippen molar-refractivity contribution in [2.75, 3.05) is 4.72 Å². The summed E-state index contributed by atoms with van der Waals surface area (Å²) in [5.41, 5.74) is 1.67. The third-order valence-corrected chi connectivity index (χ3v) is 6.85. The van der Waals surface area contributed by atoms with Crippen molar-refractivity contribution in [3.05, 3.63) is 74.6 Å². The number of carboxylic acid groups (broad SMARTS) is 1. The molecule has 0 unspecified atom stereocenters. The zero-order valence-electron chi connectivity index (χ0n) is 15.4. The number of nitrogens with zero attached hydrogens (tertiary/aromatic N) is 1. The van der Waals surface area contributed by atoms with Crippen LogP contribution < -0.4 is 4.72 Å². The molecular weight excluding hydrogens is 416 g/mol. The lowest BCUT2D eigenvalue weighted by Gasteiger charge is -2.10. The van der Waals surface area contributed by atoms with Crippen molar-refractivity contribution in [3.63, 3.8) is 0 Å². The van der Waals surface area contributed by atoms with Gasteiger partial charge >= 0.3 is 5.97 Å². The minimum atomic E-state index is -4.01. The fourth-order valence-electron chi connectivity index (χ4n) is 2.71. The predicted molar refractivity (Wildman–Crippen MR) is 110 cm³/mol. The van der Waals surface area contributed by atoms with Gasteiger partial charge in [-0.25, -0.2) is 13.2 Å². The van der Waals surface area contributed by atoms with Crippen LogP contribution in [-0.4, -0.2) is 24.4 Å². The van der Waals surface area contributed by atoms with E-state index in [1.807, 2.05) is 0 Å².